The average molecular weight is 529 g/mol. The molecule has 0 radical (unpaired) electrons. The van der Waals surface area contributed by atoms with Gasteiger partial charge in [0.2, 0.25) is 17.6 Å². The average Bonchev–Trinajstić information content (AvgIpc) is 3.17. The number of alkyl halides is 3. The van der Waals surface area contributed by atoms with Gasteiger partial charge in [0.25, 0.3) is 0 Å². The molecule has 2 amide bonds. The molecule has 8 nitrogen and oxygen atoms in total. The molecule has 1 aliphatic rings. The highest BCUT2D eigenvalue weighted by Crippen LogP contribution is 2.34. The van der Waals surface area contributed by atoms with Crippen LogP contribution in [0.4, 0.5) is 26.3 Å². The van der Waals surface area contributed by atoms with Gasteiger partial charge in [0.1, 0.15) is 11.9 Å². The maximum atomic E-state index is 13.9. The standard InChI is InChI=1S/C20H22F6N6O2.ClH/c1-30(2)16(33)9-15-18-28-29-19(20(24,25)26)32(18)4-3-31(15)17(34)7-11(27)5-10-6-13(22)14(23)8-12(10)21;/h6,8,11,15H,3-5,7,9,27H2,1-2H3;1H/t11-,15?;/m1./s1. The number of benzene rings is 1. The zero-order chi connectivity index (χ0) is 25.4. The number of amides is 2. The molecule has 1 aromatic carbocycles. The Kier molecular flexibility index (Phi) is 8.76. The van der Waals surface area contributed by atoms with Crippen LogP contribution in [-0.2, 0) is 28.7 Å². The first-order chi connectivity index (χ1) is 15.8. The van der Waals surface area contributed by atoms with E-state index in [4.69, 9.17) is 5.73 Å². The van der Waals surface area contributed by atoms with Crippen molar-refractivity contribution in [3.63, 3.8) is 0 Å². The van der Waals surface area contributed by atoms with E-state index >= 15 is 0 Å². The Bertz CT molecular complexity index is 1090. The Morgan fingerprint density at radius 3 is 2.34 bits per heavy atom. The number of nitrogens with zero attached hydrogens (tertiary/aromatic N) is 5. The SMILES string of the molecule is CN(C)C(=O)CC1c2nnc(C(F)(F)F)n2CCN1C(=O)C[C@H](N)Cc1cc(F)c(F)cc1F.Cl. The zero-order valence-electron chi connectivity index (χ0n) is 18.7. The summed E-state index contributed by atoms with van der Waals surface area (Å²) in [5, 5.41) is 6.80. The van der Waals surface area contributed by atoms with Crippen LogP contribution < -0.4 is 5.73 Å². The minimum Gasteiger partial charge on any atom is -0.349 e. The van der Waals surface area contributed by atoms with Gasteiger partial charge in [0, 0.05) is 45.7 Å². The van der Waals surface area contributed by atoms with E-state index in [2.05, 4.69) is 10.2 Å². The van der Waals surface area contributed by atoms with Crippen LogP contribution in [0.15, 0.2) is 12.1 Å². The van der Waals surface area contributed by atoms with Crippen molar-refractivity contribution in [3.8, 4) is 0 Å². The first-order valence-corrected chi connectivity index (χ1v) is 10.2. The fourth-order valence-electron chi connectivity index (χ4n) is 3.76. The predicted octanol–water partition coefficient (Wildman–Crippen LogP) is 2.46. The Hall–Kier alpha value is -2.87. The molecule has 1 aliphatic heterocycles. The molecular formula is C20H23ClF6N6O2. The molecule has 1 aromatic heterocycles. The van der Waals surface area contributed by atoms with E-state index in [1.54, 1.807) is 0 Å². The van der Waals surface area contributed by atoms with Crippen LogP contribution in [0.25, 0.3) is 0 Å². The van der Waals surface area contributed by atoms with E-state index in [9.17, 15) is 35.9 Å². The molecule has 3 rings (SSSR count). The number of carbonyl (C=O) groups excluding carboxylic acids is 2. The predicted molar refractivity (Wildman–Crippen MR) is 113 cm³/mol. The van der Waals surface area contributed by atoms with Crippen LogP contribution in [0.2, 0.25) is 0 Å². The summed E-state index contributed by atoms with van der Waals surface area (Å²) < 4.78 is 81.1. The highest BCUT2D eigenvalue weighted by Gasteiger charge is 2.43. The zero-order valence-corrected chi connectivity index (χ0v) is 19.5. The molecule has 0 saturated carbocycles. The van der Waals surface area contributed by atoms with Crippen molar-refractivity contribution in [3.05, 3.63) is 46.8 Å². The molecule has 2 N–H and O–H groups in total. The number of hydrogen-bond acceptors (Lipinski definition) is 5. The maximum absolute atomic E-state index is 13.9. The lowest BCUT2D eigenvalue weighted by atomic mass is 10.0. The van der Waals surface area contributed by atoms with Gasteiger partial charge in [0.15, 0.2) is 17.5 Å². The van der Waals surface area contributed by atoms with Gasteiger partial charge in [-0.3, -0.25) is 9.59 Å². The number of fused-ring (bicyclic) bond motifs is 1. The van der Waals surface area contributed by atoms with E-state index < -0.39 is 53.4 Å². The third-order valence-corrected chi connectivity index (χ3v) is 5.47. The van der Waals surface area contributed by atoms with Gasteiger partial charge in [-0.2, -0.15) is 13.2 Å². The number of aromatic nitrogens is 3. The summed E-state index contributed by atoms with van der Waals surface area (Å²) >= 11 is 0. The fraction of sp³-hybridized carbons (Fsp3) is 0.500. The third kappa shape index (κ3) is 6.23. The van der Waals surface area contributed by atoms with Crippen LogP contribution in [-0.4, -0.2) is 63.1 Å². The molecular weight excluding hydrogens is 506 g/mol. The summed E-state index contributed by atoms with van der Waals surface area (Å²) in [4.78, 5) is 27.7. The Balaban J connectivity index is 0.00000432. The molecule has 2 heterocycles. The van der Waals surface area contributed by atoms with Crippen molar-refractivity contribution in [2.75, 3.05) is 20.6 Å². The number of halogens is 7. The van der Waals surface area contributed by atoms with Gasteiger partial charge in [0.05, 0.1) is 6.42 Å². The van der Waals surface area contributed by atoms with Crippen molar-refractivity contribution in [1.29, 1.82) is 0 Å². The molecule has 2 atom stereocenters. The number of hydrogen-bond donors (Lipinski definition) is 1. The lowest BCUT2D eigenvalue weighted by Crippen LogP contribution is -2.46. The molecule has 2 aromatic rings. The van der Waals surface area contributed by atoms with Crippen molar-refractivity contribution in [2.45, 2.75) is 44.1 Å². The van der Waals surface area contributed by atoms with E-state index in [-0.39, 0.29) is 56.1 Å². The molecule has 194 valence electrons. The Labute approximate surface area is 202 Å². The number of carbonyl (C=O) groups is 2. The molecule has 15 heteroatoms. The van der Waals surface area contributed by atoms with E-state index in [0.29, 0.717) is 12.1 Å². The quantitative estimate of drug-likeness (QED) is 0.459. The topological polar surface area (TPSA) is 97.4 Å². The number of nitrogens with two attached hydrogens (primary N) is 1. The molecule has 0 spiro atoms. The minimum absolute atomic E-state index is 0. The largest absolute Gasteiger partial charge is 0.451 e. The smallest absolute Gasteiger partial charge is 0.349 e. The summed E-state index contributed by atoms with van der Waals surface area (Å²) in [6, 6.07) is -1.12. The van der Waals surface area contributed by atoms with Gasteiger partial charge < -0.3 is 20.1 Å². The lowest BCUT2D eigenvalue weighted by Gasteiger charge is -2.36. The van der Waals surface area contributed by atoms with Crippen LogP contribution in [0, 0.1) is 17.5 Å². The van der Waals surface area contributed by atoms with Gasteiger partial charge in [-0.05, 0) is 18.1 Å². The molecule has 0 saturated heterocycles. The Morgan fingerprint density at radius 2 is 1.74 bits per heavy atom. The van der Waals surface area contributed by atoms with Crippen LogP contribution in [0.1, 0.15) is 36.1 Å². The molecule has 1 unspecified atom stereocenters. The highest BCUT2D eigenvalue weighted by molar-refractivity contribution is 5.85. The lowest BCUT2D eigenvalue weighted by molar-refractivity contribution is -0.148. The van der Waals surface area contributed by atoms with Gasteiger partial charge >= 0.3 is 6.18 Å². The fourth-order valence-corrected chi connectivity index (χ4v) is 3.76. The van der Waals surface area contributed by atoms with Gasteiger partial charge in [-0.1, -0.05) is 0 Å². The van der Waals surface area contributed by atoms with Crippen LogP contribution in [0.5, 0.6) is 0 Å². The molecule has 0 bridgehead atoms. The van der Waals surface area contributed by atoms with Crippen molar-refractivity contribution in [2.24, 2.45) is 5.73 Å². The second kappa shape index (κ2) is 10.8. The molecule has 35 heavy (non-hydrogen) atoms. The molecule has 0 aliphatic carbocycles. The summed E-state index contributed by atoms with van der Waals surface area (Å²) in [6.45, 7) is -0.437. The first kappa shape index (κ1) is 28.4. The first-order valence-electron chi connectivity index (χ1n) is 10.2. The minimum atomic E-state index is -4.77. The maximum Gasteiger partial charge on any atom is 0.451 e. The third-order valence-electron chi connectivity index (χ3n) is 5.47. The van der Waals surface area contributed by atoms with E-state index in [1.165, 1.54) is 23.9 Å². The van der Waals surface area contributed by atoms with E-state index in [1.807, 2.05) is 0 Å². The Morgan fingerprint density at radius 1 is 1.11 bits per heavy atom. The van der Waals surface area contributed by atoms with Crippen molar-refractivity contribution in [1.82, 2.24) is 24.6 Å². The second-order valence-corrected chi connectivity index (χ2v) is 8.15. The van der Waals surface area contributed by atoms with Gasteiger partial charge in [-0.25, -0.2) is 13.2 Å². The van der Waals surface area contributed by atoms with Crippen molar-refractivity contribution < 1.29 is 35.9 Å². The van der Waals surface area contributed by atoms with Gasteiger partial charge in [-0.15, -0.1) is 22.6 Å². The van der Waals surface area contributed by atoms with Crippen LogP contribution in [0.3, 0.4) is 0 Å². The highest BCUT2D eigenvalue weighted by atomic mass is 35.5. The summed E-state index contributed by atoms with van der Waals surface area (Å²) in [5.74, 6) is -6.16. The number of rotatable bonds is 6. The second-order valence-electron chi connectivity index (χ2n) is 8.15. The molecule has 0 fully saturated rings. The summed E-state index contributed by atoms with van der Waals surface area (Å²) in [7, 11) is 2.91. The summed E-state index contributed by atoms with van der Waals surface area (Å²) in [6.07, 6.45) is -5.80. The van der Waals surface area contributed by atoms with Crippen molar-refractivity contribution >= 4 is 24.2 Å². The summed E-state index contributed by atoms with van der Waals surface area (Å²) in [5.41, 5.74) is 5.70. The van der Waals surface area contributed by atoms with E-state index in [0.717, 1.165) is 4.57 Å². The monoisotopic (exact) mass is 528 g/mol. The van der Waals surface area contributed by atoms with Crippen LogP contribution >= 0.6 is 12.4 Å². The normalized spacial score (nSPS) is 16.4.